The largest absolute Gasteiger partial charge is 0.418 e. The van der Waals surface area contributed by atoms with E-state index in [9.17, 15) is 4.79 Å². The second-order valence-electron chi connectivity index (χ2n) is 4.34. The van der Waals surface area contributed by atoms with Crippen molar-refractivity contribution in [2.75, 3.05) is 5.32 Å². The Kier molecular flexibility index (Phi) is 3.45. The molecule has 3 rings (SSSR count). The summed E-state index contributed by atoms with van der Waals surface area (Å²) in [6.07, 6.45) is 1.15. The van der Waals surface area contributed by atoms with Crippen molar-refractivity contribution in [2.24, 2.45) is 7.05 Å². The van der Waals surface area contributed by atoms with Crippen LogP contribution >= 0.6 is 11.6 Å². The van der Waals surface area contributed by atoms with E-state index in [-0.39, 0.29) is 11.2 Å². The molecule has 0 atom stereocenters. The molecular formula is C14H11ClN4O2. The lowest BCUT2D eigenvalue weighted by Gasteiger charge is -2.07. The normalized spacial score (nSPS) is 10.6. The summed E-state index contributed by atoms with van der Waals surface area (Å²) in [6, 6.07) is 10.8. The Labute approximate surface area is 125 Å². The van der Waals surface area contributed by atoms with Gasteiger partial charge in [-0.1, -0.05) is 18.2 Å². The van der Waals surface area contributed by atoms with E-state index in [0.717, 1.165) is 0 Å². The van der Waals surface area contributed by atoms with Gasteiger partial charge in [-0.2, -0.15) is 9.97 Å². The zero-order valence-corrected chi connectivity index (χ0v) is 11.8. The Morgan fingerprint density at radius 2 is 2.00 bits per heavy atom. The lowest BCUT2D eigenvalue weighted by atomic mass is 10.3. The first-order chi connectivity index (χ1) is 10.1. The Bertz CT molecular complexity index is 801. The number of nitrogens with one attached hydrogen (secondary N) is 1. The minimum atomic E-state index is -0.638. The average molecular weight is 303 g/mol. The van der Waals surface area contributed by atoms with Crippen LogP contribution in [0.1, 0.15) is 0 Å². The fourth-order valence-electron chi connectivity index (χ4n) is 1.91. The Hall–Kier alpha value is -2.60. The summed E-state index contributed by atoms with van der Waals surface area (Å²) in [7, 11) is 1.82. The zero-order valence-electron chi connectivity index (χ0n) is 11.1. The third kappa shape index (κ3) is 2.80. The van der Waals surface area contributed by atoms with Gasteiger partial charge in [0.1, 0.15) is 5.65 Å². The van der Waals surface area contributed by atoms with E-state index < -0.39 is 6.09 Å². The fraction of sp³-hybridized carbons (Fsp3) is 0.0714. The van der Waals surface area contributed by atoms with Crippen molar-refractivity contribution in [2.45, 2.75) is 0 Å². The van der Waals surface area contributed by atoms with Gasteiger partial charge in [0.25, 0.3) is 0 Å². The van der Waals surface area contributed by atoms with E-state index >= 15 is 0 Å². The number of nitrogens with zero attached hydrogens (tertiary/aromatic N) is 3. The second kappa shape index (κ2) is 5.41. The van der Waals surface area contributed by atoms with Crippen molar-refractivity contribution in [3.8, 4) is 5.88 Å². The lowest BCUT2D eigenvalue weighted by Crippen LogP contribution is -2.17. The Morgan fingerprint density at radius 1 is 1.24 bits per heavy atom. The van der Waals surface area contributed by atoms with Gasteiger partial charge in [0.2, 0.25) is 11.2 Å². The quantitative estimate of drug-likeness (QED) is 0.738. The van der Waals surface area contributed by atoms with Crippen molar-refractivity contribution in [1.82, 2.24) is 14.5 Å². The highest BCUT2D eigenvalue weighted by Crippen LogP contribution is 2.24. The molecule has 0 fully saturated rings. The summed E-state index contributed by atoms with van der Waals surface area (Å²) in [5.74, 6) is 0.124. The summed E-state index contributed by atoms with van der Waals surface area (Å²) < 4.78 is 7.00. The van der Waals surface area contributed by atoms with Gasteiger partial charge in [-0.05, 0) is 29.8 Å². The molecule has 0 radical (unpaired) electrons. The zero-order chi connectivity index (χ0) is 14.8. The third-order valence-corrected chi connectivity index (χ3v) is 3.04. The molecular weight excluding hydrogens is 292 g/mol. The van der Waals surface area contributed by atoms with E-state index in [1.165, 1.54) is 0 Å². The van der Waals surface area contributed by atoms with Gasteiger partial charge in [-0.3, -0.25) is 5.32 Å². The monoisotopic (exact) mass is 302 g/mol. The van der Waals surface area contributed by atoms with Gasteiger partial charge in [0.15, 0.2) is 0 Å². The van der Waals surface area contributed by atoms with Crippen molar-refractivity contribution < 1.29 is 9.53 Å². The molecule has 0 bridgehead atoms. The van der Waals surface area contributed by atoms with Crippen LogP contribution in [0.15, 0.2) is 42.6 Å². The molecule has 106 valence electrons. The maximum atomic E-state index is 11.9. The van der Waals surface area contributed by atoms with E-state index in [4.69, 9.17) is 16.3 Å². The van der Waals surface area contributed by atoms with Gasteiger partial charge in [-0.25, -0.2) is 4.79 Å². The SMILES string of the molecule is Cn1ccc2c(OC(=O)Nc3ccccc3)nc(Cl)nc21. The number of ether oxygens (including phenoxy) is 1. The van der Waals surface area contributed by atoms with Crippen molar-refractivity contribution in [3.63, 3.8) is 0 Å². The Morgan fingerprint density at radius 3 is 2.76 bits per heavy atom. The maximum Gasteiger partial charge on any atom is 0.418 e. The predicted molar refractivity (Wildman–Crippen MR) is 79.6 cm³/mol. The second-order valence-corrected chi connectivity index (χ2v) is 4.68. The third-order valence-electron chi connectivity index (χ3n) is 2.87. The number of halogens is 1. The fourth-order valence-corrected chi connectivity index (χ4v) is 2.07. The minimum absolute atomic E-state index is 0.0202. The molecule has 1 N–H and O–H groups in total. The molecule has 0 aliphatic rings. The number of carbonyl (C=O) groups is 1. The molecule has 3 aromatic rings. The number of para-hydroxylation sites is 1. The number of carbonyl (C=O) groups excluding carboxylic acids is 1. The standard InChI is InChI=1S/C14H11ClN4O2/c1-19-8-7-10-11(19)17-13(15)18-12(10)21-14(20)16-9-5-3-2-4-6-9/h2-8H,1H3,(H,16,20). The van der Waals surface area contributed by atoms with Crippen LogP contribution in [-0.4, -0.2) is 20.6 Å². The molecule has 7 heteroatoms. The number of hydrogen-bond acceptors (Lipinski definition) is 4. The molecule has 0 aliphatic carbocycles. The molecule has 0 saturated carbocycles. The molecule has 6 nitrogen and oxygen atoms in total. The highest BCUT2D eigenvalue weighted by atomic mass is 35.5. The first kappa shape index (κ1) is 13.4. The molecule has 0 spiro atoms. The van der Waals surface area contributed by atoms with E-state index in [0.29, 0.717) is 16.7 Å². The highest BCUT2D eigenvalue weighted by Gasteiger charge is 2.14. The van der Waals surface area contributed by atoms with Crippen LogP contribution in [0.3, 0.4) is 0 Å². The molecule has 21 heavy (non-hydrogen) atoms. The van der Waals surface area contributed by atoms with Crippen LogP contribution < -0.4 is 10.1 Å². The molecule has 2 heterocycles. The first-order valence-electron chi connectivity index (χ1n) is 6.16. The average Bonchev–Trinajstić information content (AvgIpc) is 2.81. The number of aryl methyl sites for hydroxylation is 1. The molecule has 1 amide bonds. The molecule has 2 aromatic heterocycles. The number of hydrogen-bond donors (Lipinski definition) is 1. The topological polar surface area (TPSA) is 69.0 Å². The highest BCUT2D eigenvalue weighted by molar-refractivity contribution is 6.28. The van der Waals surface area contributed by atoms with Crippen LogP contribution in [0.5, 0.6) is 5.88 Å². The number of rotatable bonds is 2. The van der Waals surface area contributed by atoms with Crippen LogP contribution in [0, 0.1) is 0 Å². The van der Waals surface area contributed by atoms with Crippen LogP contribution in [0.25, 0.3) is 11.0 Å². The summed E-state index contributed by atoms with van der Waals surface area (Å²) >= 11 is 5.85. The number of aromatic nitrogens is 3. The van der Waals surface area contributed by atoms with Gasteiger partial charge in [0.05, 0.1) is 5.39 Å². The van der Waals surface area contributed by atoms with Crippen LogP contribution in [-0.2, 0) is 7.05 Å². The van der Waals surface area contributed by atoms with Crippen LogP contribution in [0.4, 0.5) is 10.5 Å². The van der Waals surface area contributed by atoms with Gasteiger partial charge in [-0.15, -0.1) is 0 Å². The summed E-state index contributed by atoms with van der Waals surface area (Å²) in [6.45, 7) is 0. The predicted octanol–water partition coefficient (Wildman–Crippen LogP) is 3.23. The Balaban J connectivity index is 1.86. The number of amides is 1. The van der Waals surface area contributed by atoms with Crippen molar-refractivity contribution >= 4 is 34.4 Å². The van der Waals surface area contributed by atoms with Crippen molar-refractivity contribution in [1.29, 1.82) is 0 Å². The number of fused-ring (bicyclic) bond motifs is 1. The first-order valence-corrected chi connectivity index (χ1v) is 6.54. The maximum absolute atomic E-state index is 11.9. The summed E-state index contributed by atoms with van der Waals surface area (Å²) in [4.78, 5) is 19.9. The summed E-state index contributed by atoms with van der Waals surface area (Å²) in [5.41, 5.74) is 1.23. The van der Waals surface area contributed by atoms with E-state index in [2.05, 4.69) is 15.3 Å². The molecule has 0 unspecified atom stereocenters. The molecule has 1 aromatic carbocycles. The smallest absolute Gasteiger partial charge is 0.390 e. The lowest BCUT2D eigenvalue weighted by molar-refractivity contribution is 0.214. The van der Waals surface area contributed by atoms with E-state index in [1.54, 1.807) is 29.0 Å². The summed E-state index contributed by atoms with van der Waals surface area (Å²) in [5, 5.41) is 3.25. The molecule has 0 saturated heterocycles. The number of benzene rings is 1. The van der Waals surface area contributed by atoms with Crippen molar-refractivity contribution in [3.05, 3.63) is 47.9 Å². The van der Waals surface area contributed by atoms with Crippen LogP contribution in [0.2, 0.25) is 5.28 Å². The van der Waals surface area contributed by atoms with Gasteiger partial charge < -0.3 is 9.30 Å². The van der Waals surface area contributed by atoms with Gasteiger partial charge >= 0.3 is 6.09 Å². The van der Waals surface area contributed by atoms with E-state index in [1.807, 2.05) is 25.2 Å². The molecule has 0 aliphatic heterocycles. The number of anilines is 1. The van der Waals surface area contributed by atoms with Gasteiger partial charge in [0, 0.05) is 18.9 Å². The minimum Gasteiger partial charge on any atom is -0.390 e.